The van der Waals surface area contributed by atoms with Crippen molar-refractivity contribution < 1.29 is 14.3 Å². The number of benzene rings is 1. The van der Waals surface area contributed by atoms with Gasteiger partial charge in [-0.3, -0.25) is 9.59 Å². The van der Waals surface area contributed by atoms with E-state index in [1.54, 1.807) is 31.2 Å². The first kappa shape index (κ1) is 13.2. The number of ether oxygens (including phenoxy) is 1. The lowest BCUT2D eigenvalue weighted by Crippen LogP contribution is -2.26. The van der Waals surface area contributed by atoms with Gasteiger partial charge < -0.3 is 4.74 Å². The highest BCUT2D eigenvalue weighted by Gasteiger charge is 2.25. The van der Waals surface area contributed by atoms with Crippen molar-refractivity contribution in [1.82, 2.24) is 0 Å². The first-order valence-corrected chi connectivity index (χ1v) is 5.96. The van der Waals surface area contributed by atoms with Crippen LogP contribution in [-0.4, -0.2) is 23.2 Å². The minimum atomic E-state index is -0.964. The first-order chi connectivity index (χ1) is 7.56. The van der Waals surface area contributed by atoms with Crippen LogP contribution in [-0.2, 0) is 9.53 Å². The molecule has 86 valence electrons. The van der Waals surface area contributed by atoms with Gasteiger partial charge in [0.25, 0.3) is 0 Å². The molecule has 0 aliphatic carbocycles. The molecule has 0 aliphatic rings. The summed E-state index contributed by atoms with van der Waals surface area (Å²) in [5.41, 5.74) is 0.416. The summed E-state index contributed by atoms with van der Waals surface area (Å²) in [6, 6.07) is 6.33. The number of rotatable bonds is 4. The van der Waals surface area contributed by atoms with Crippen molar-refractivity contribution in [2.45, 2.75) is 11.8 Å². The molecule has 3 nitrogen and oxygen atoms in total. The van der Waals surface area contributed by atoms with Crippen molar-refractivity contribution in [3.05, 3.63) is 34.9 Å². The topological polar surface area (TPSA) is 43.4 Å². The Balaban J connectivity index is 2.78. The molecule has 16 heavy (non-hydrogen) atoms. The maximum Gasteiger partial charge on any atom is 0.327 e. The van der Waals surface area contributed by atoms with Gasteiger partial charge in [-0.05, 0) is 31.2 Å². The molecule has 0 bridgehead atoms. The lowest BCUT2D eigenvalue weighted by atomic mass is 10.1. The second-order valence-electron chi connectivity index (χ2n) is 2.99. The summed E-state index contributed by atoms with van der Waals surface area (Å²) in [6.45, 7) is 1.93. The zero-order valence-corrected chi connectivity index (χ0v) is 10.9. The van der Waals surface area contributed by atoms with Gasteiger partial charge in [0, 0.05) is 10.6 Å². The molecule has 0 saturated carbocycles. The Kier molecular flexibility index (Phi) is 4.96. The van der Waals surface area contributed by atoms with Crippen LogP contribution in [0.3, 0.4) is 0 Å². The Morgan fingerprint density at radius 3 is 2.44 bits per heavy atom. The highest BCUT2D eigenvalue weighted by Crippen LogP contribution is 2.15. The summed E-state index contributed by atoms with van der Waals surface area (Å²) in [5, 5.41) is 0.541. The molecule has 0 heterocycles. The van der Waals surface area contributed by atoms with Crippen LogP contribution in [0.25, 0.3) is 0 Å². The Morgan fingerprint density at radius 1 is 1.38 bits per heavy atom. The van der Waals surface area contributed by atoms with E-state index >= 15 is 0 Å². The highest BCUT2D eigenvalue weighted by molar-refractivity contribution is 9.10. The molecule has 0 N–H and O–H groups in total. The van der Waals surface area contributed by atoms with Crippen molar-refractivity contribution in [1.29, 1.82) is 0 Å². The smallest absolute Gasteiger partial charge is 0.327 e. The average Bonchev–Trinajstić information content (AvgIpc) is 2.28. The van der Waals surface area contributed by atoms with Gasteiger partial charge >= 0.3 is 5.97 Å². The van der Waals surface area contributed by atoms with Gasteiger partial charge in [0.15, 0.2) is 10.6 Å². The van der Waals surface area contributed by atoms with Gasteiger partial charge in [-0.25, -0.2) is 0 Å². The van der Waals surface area contributed by atoms with Crippen LogP contribution in [0.5, 0.6) is 0 Å². The van der Waals surface area contributed by atoms with Gasteiger partial charge in [0.1, 0.15) is 0 Å². The predicted octanol–water partition coefficient (Wildman–Crippen LogP) is 2.85. The number of carbonyl (C=O) groups is 2. The van der Waals surface area contributed by atoms with Crippen molar-refractivity contribution in [2.24, 2.45) is 0 Å². The van der Waals surface area contributed by atoms with E-state index in [-0.39, 0.29) is 12.4 Å². The van der Waals surface area contributed by atoms with Crippen LogP contribution in [0.4, 0.5) is 0 Å². The standard InChI is InChI=1S/C11H10BrClO3/c1-2-16-11(15)9(12)10(14)7-3-5-8(13)6-4-7/h3-6,9H,2H2,1H3. The zero-order valence-electron chi connectivity index (χ0n) is 8.57. The highest BCUT2D eigenvalue weighted by atomic mass is 79.9. The lowest BCUT2D eigenvalue weighted by Gasteiger charge is -2.07. The average molecular weight is 306 g/mol. The van der Waals surface area contributed by atoms with Crippen LogP contribution in [0, 0.1) is 0 Å². The molecule has 0 aliphatic heterocycles. The molecule has 0 saturated heterocycles. The predicted molar refractivity (Wildman–Crippen MR) is 65.1 cm³/mol. The molecule has 1 aromatic carbocycles. The fourth-order valence-electron chi connectivity index (χ4n) is 1.08. The number of halogens is 2. The Hall–Kier alpha value is -0.870. The van der Waals surface area contributed by atoms with Crippen LogP contribution < -0.4 is 0 Å². The zero-order chi connectivity index (χ0) is 12.1. The molecular formula is C11H10BrClO3. The third-order valence-electron chi connectivity index (χ3n) is 1.85. The third kappa shape index (κ3) is 3.32. The molecule has 1 aromatic rings. The van der Waals surface area contributed by atoms with Crippen molar-refractivity contribution in [3.63, 3.8) is 0 Å². The van der Waals surface area contributed by atoms with E-state index in [0.29, 0.717) is 10.6 Å². The number of alkyl halides is 1. The van der Waals surface area contributed by atoms with Gasteiger partial charge in [0.05, 0.1) is 6.61 Å². The normalized spacial score (nSPS) is 11.9. The Morgan fingerprint density at radius 2 is 1.94 bits per heavy atom. The van der Waals surface area contributed by atoms with E-state index in [1.165, 1.54) is 0 Å². The van der Waals surface area contributed by atoms with Crippen LogP contribution in [0.2, 0.25) is 5.02 Å². The molecule has 0 amide bonds. The maximum atomic E-state index is 11.8. The largest absolute Gasteiger partial charge is 0.465 e. The summed E-state index contributed by atoms with van der Waals surface area (Å²) < 4.78 is 4.74. The van der Waals surface area contributed by atoms with Crippen LogP contribution in [0.15, 0.2) is 24.3 Å². The Labute approximate surface area is 107 Å². The number of carbonyl (C=O) groups excluding carboxylic acids is 2. The Bertz CT molecular complexity index is 389. The van der Waals surface area contributed by atoms with Crippen LogP contribution >= 0.6 is 27.5 Å². The first-order valence-electron chi connectivity index (χ1n) is 4.66. The van der Waals surface area contributed by atoms with Crippen molar-refractivity contribution in [3.8, 4) is 0 Å². The number of ketones is 1. The SMILES string of the molecule is CCOC(=O)C(Br)C(=O)c1ccc(Cl)cc1. The van der Waals surface area contributed by atoms with Crippen LogP contribution in [0.1, 0.15) is 17.3 Å². The lowest BCUT2D eigenvalue weighted by molar-refractivity contribution is -0.141. The monoisotopic (exact) mass is 304 g/mol. The molecule has 0 spiro atoms. The van der Waals surface area contributed by atoms with E-state index in [1.807, 2.05) is 0 Å². The quantitative estimate of drug-likeness (QED) is 0.372. The number of hydrogen-bond acceptors (Lipinski definition) is 3. The van der Waals surface area contributed by atoms with Crippen molar-refractivity contribution >= 4 is 39.3 Å². The fourth-order valence-corrected chi connectivity index (χ4v) is 1.61. The van der Waals surface area contributed by atoms with E-state index in [4.69, 9.17) is 16.3 Å². The fraction of sp³-hybridized carbons (Fsp3) is 0.273. The van der Waals surface area contributed by atoms with Gasteiger partial charge in [0.2, 0.25) is 0 Å². The molecular weight excluding hydrogens is 295 g/mol. The minimum absolute atomic E-state index is 0.245. The number of esters is 1. The molecule has 5 heteroatoms. The van der Waals surface area contributed by atoms with E-state index in [0.717, 1.165) is 0 Å². The maximum absolute atomic E-state index is 11.8. The number of Topliss-reactive ketones (excluding diaryl/α,β-unsaturated/α-hetero) is 1. The molecule has 0 fully saturated rings. The third-order valence-corrected chi connectivity index (χ3v) is 2.89. The van der Waals surface area contributed by atoms with E-state index < -0.39 is 10.8 Å². The molecule has 0 aromatic heterocycles. The second kappa shape index (κ2) is 6.01. The minimum Gasteiger partial charge on any atom is -0.465 e. The van der Waals surface area contributed by atoms with Gasteiger partial charge in [-0.15, -0.1) is 0 Å². The van der Waals surface area contributed by atoms with Gasteiger partial charge in [-0.1, -0.05) is 27.5 Å². The summed E-state index contributed by atoms with van der Waals surface area (Å²) in [4.78, 5) is 22.1. The number of hydrogen-bond donors (Lipinski definition) is 0. The summed E-state index contributed by atoms with van der Waals surface area (Å²) >= 11 is 8.70. The molecule has 1 atom stereocenters. The molecule has 1 unspecified atom stereocenters. The van der Waals surface area contributed by atoms with E-state index in [9.17, 15) is 9.59 Å². The second-order valence-corrected chi connectivity index (χ2v) is 4.34. The summed E-state index contributed by atoms with van der Waals surface area (Å²) in [5.74, 6) is -0.919. The molecule has 1 rings (SSSR count). The van der Waals surface area contributed by atoms with Gasteiger partial charge in [-0.2, -0.15) is 0 Å². The summed E-state index contributed by atoms with van der Waals surface area (Å²) in [6.07, 6.45) is 0. The van der Waals surface area contributed by atoms with E-state index in [2.05, 4.69) is 15.9 Å². The van der Waals surface area contributed by atoms with Crippen molar-refractivity contribution in [2.75, 3.05) is 6.61 Å². The summed E-state index contributed by atoms with van der Waals surface area (Å²) in [7, 11) is 0. The molecule has 0 radical (unpaired) electrons.